The molecule has 0 bridgehead atoms. The third kappa shape index (κ3) is 4.04. The molecule has 0 fully saturated rings. The predicted molar refractivity (Wildman–Crippen MR) is 98.6 cm³/mol. The van der Waals surface area contributed by atoms with Crippen molar-refractivity contribution < 1.29 is 19.1 Å². The Balaban J connectivity index is 1.58. The van der Waals surface area contributed by atoms with Gasteiger partial charge in [-0.15, -0.1) is 0 Å². The number of ketones is 1. The predicted octanol–water partition coefficient (Wildman–Crippen LogP) is 3.64. The van der Waals surface area contributed by atoms with Crippen LogP contribution in [0.2, 0.25) is 0 Å². The highest BCUT2D eigenvalue weighted by Gasteiger charge is 2.19. The standard InChI is InChI=1S/C21H23NO4/c1-15(16-6-4-3-5-7-16)22(2)21(24)11-9-18(23)17-8-10-19-20(14-17)26-13-12-25-19/h3-8,10,14-15H,9,11-13H2,1-2H3. The Bertz CT molecular complexity index is 788. The largest absolute Gasteiger partial charge is 0.486 e. The molecule has 1 aliphatic heterocycles. The van der Waals surface area contributed by atoms with E-state index in [9.17, 15) is 9.59 Å². The molecule has 26 heavy (non-hydrogen) atoms. The average Bonchev–Trinajstić information content (AvgIpc) is 2.70. The number of carbonyl (C=O) groups is 2. The van der Waals surface area contributed by atoms with Crippen molar-refractivity contribution in [1.29, 1.82) is 0 Å². The normalized spacial score (nSPS) is 13.8. The molecule has 0 radical (unpaired) electrons. The summed E-state index contributed by atoms with van der Waals surface area (Å²) in [7, 11) is 1.77. The van der Waals surface area contributed by atoms with Crippen LogP contribution in [-0.2, 0) is 4.79 Å². The fourth-order valence-electron chi connectivity index (χ4n) is 2.93. The first-order chi connectivity index (χ1) is 12.6. The minimum absolute atomic E-state index is 0.0342. The minimum atomic E-state index is -0.0731. The van der Waals surface area contributed by atoms with Crippen LogP contribution in [0.3, 0.4) is 0 Å². The van der Waals surface area contributed by atoms with Crippen LogP contribution in [-0.4, -0.2) is 36.9 Å². The number of benzene rings is 2. The number of hydrogen-bond acceptors (Lipinski definition) is 4. The lowest BCUT2D eigenvalue weighted by Gasteiger charge is -2.25. The first-order valence-corrected chi connectivity index (χ1v) is 8.79. The molecule has 0 N–H and O–H groups in total. The molecule has 0 spiro atoms. The number of fused-ring (bicyclic) bond motifs is 1. The van der Waals surface area contributed by atoms with Crippen LogP contribution < -0.4 is 9.47 Å². The summed E-state index contributed by atoms with van der Waals surface area (Å²) < 4.78 is 11.0. The Kier molecular flexibility index (Phi) is 5.56. The van der Waals surface area contributed by atoms with Crippen LogP contribution in [0.5, 0.6) is 11.5 Å². The Morgan fingerprint density at radius 1 is 1.00 bits per heavy atom. The number of ether oxygens (including phenoxy) is 2. The van der Waals surface area contributed by atoms with Gasteiger partial charge in [0.25, 0.3) is 0 Å². The summed E-state index contributed by atoms with van der Waals surface area (Å²) in [6, 6.07) is 15.0. The Morgan fingerprint density at radius 2 is 1.69 bits per heavy atom. The van der Waals surface area contributed by atoms with Gasteiger partial charge in [0.05, 0.1) is 6.04 Å². The van der Waals surface area contributed by atoms with E-state index in [4.69, 9.17) is 9.47 Å². The van der Waals surface area contributed by atoms with E-state index in [1.165, 1.54) is 0 Å². The summed E-state index contributed by atoms with van der Waals surface area (Å²) in [4.78, 5) is 26.6. The molecule has 0 aromatic heterocycles. The average molecular weight is 353 g/mol. The van der Waals surface area contributed by atoms with Crippen LogP contribution in [0.15, 0.2) is 48.5 Å². The molecule has 1 heterocycles. The second-order valence-electron chi connectivity index (χ2n) is 6.37. The zero-order chi connectivity index (χ0) is 18.5. The smallest absolute Gasteiger partial charge is 0.223 e. The number of hydrogen-bond donors (Lipinski definition) is 0. The van der Waals surface area contributed by atoms with Crippen molar-refractivity contribution in [3.05, 3.63) is 59.7 Å². The van der Waals surface area contributed by atoms with Crippen LogP contribution in [0.4, 0.5) is 0 Å². The highest BCUT2D eigenvalue weighted by molar-refractivity contribution is 5.98. The van der Waals surface area contributed by atoms with Crippen LogP contribution in [0.1, 0.15) is 41.7 Å². The molecular weight excluding hydrogens is 330 g/mol. The zero-order valence-corrected chi connectivity index (χ0v) is 15.1. The molecule has 5 heteroatoms. The SMILES string of the molecule is CC(c1ccccc1)N(C)C(=O)CCC(=O)c1ccc2c(c1)OCCO2. The Hall–Kier alpha value is -2.82. The van der Waals surface area contributed by atoms with E-state index in [0.29, 0.717) is 30.3 Å². The monoisotopic (exact) mass is 353 g/mol. The van der Waals surface area contributed by atoms with E-state index in [-0.39, 0.29) is 30.6 Å². The van der Waals surface area contributed by atoms with Gasteiger partial charge < -0.3 is 14.4 Å². The summed E-state index contributed by atoms with van der Waals surface area (Å²) >= 11 is 0. The molecule has 5 nitrogen and oxygen atoms in total. The first-order valence-electron chi connectivity index (χ1n) is 8.79. The van der Waals surface area contributed by atoms with Gasteiger partial charge in [0.2, 0.25) is 5.91 Å². The molecule has 2 aromatic carbocycles. The maximum atomic E-state index is 12.5. The van der Waals surface area contributed by atoms with Gasteiger partial charge in [-0.2, -0.15) is 0 Å². The minimum Gasteiger partial charge on any atom is -0.486 e. The van der Waals surface area contributed by atoms with Gasteiger partial charge >= 0.3 is 0 Å². The maximum absolute atomic E-state index is 12.5. The van der Waals surface area contributed by atoms with Crippen molar-refractivity contribution in [3.8, 4) is 11.5 Å². The lowest BCUT2D eigenvalue weighted by Crippen LogP contribution is -2.29. The quantitative estimate of drug-likeness (QED) is 0.744. The molecule has 2 aromatic rings. The molecule has 0 saturated heterocycles. The van der Waals surface area contributed by atoms with Crippen molar-refractivity contribution in [2.75, 3.05) is 20.3 Å². The lowest BCUT2D eigenvalue weighted by molar-refractivity contribution is -0.131. The van der Waals surface area contributed by atoms with Gasteiger partial charge in [0.15, 0.2) is 17.3 Å². The summed E-state index contributed by atoms with van der Waals surface area (Å²) in [5.41, 5.74) is 1.61. The van der Waals surface area contributed by atoms with Crippen molar-refractivity contribution >= 4 is 11.7 Å². The Labute approximate surface area is 153 Å². The van der Waals surface area contributed by atoms with Crippen molar-refractivity contribution in [2.24, 2.45) is 0 Å². The molecule has 1 amide bonds. The van der Waals surface area contributed by atoms with Gasteiger partial charge in [-0.05, 0) is 30.7 Å². The van der Waals surface area contributed by atoms with E-state index in [2.05, 4.69) is 0 Å². The summed E-state index contributed by atoms with van der Waals surface area (Å²) in [6.45, 7) is 2.97. The van der Waals surface area contributed by atoms with Crippen molar-refractivity contribution in [1.82, 2.24) is 4.90 Å². The number of rotatable bonds is 6. The summed E-state index contributed by atoms with van der Waals surface area (Å²) in [5, 5.41) is 0. The van der Waals surface area contributed by atoms with Gasteiger partial charge in [-0.25, -0.2) is 0 Å². The second-order valence-corrected chi connectivity index (χ2v) is 6.37. The summed E-state index contributed by atoms with van der Waals surface area (Å²) in [5.74, 6) is 1.12. The topological polar surface area (TPSA) is 55.8 Å². The van der Waals surface area contributed by atoms with E-state index in [1.807, 2.05) is 37.3 Å². The van der Waals surface area contributed by atoms with Crippen LogP contribution in [0.25, 0.3) is 0 Å². The highest BCUT2D eigenvalue weighted by Crippen LogP contribution is 2.31. The molecule has 1 unspecified atom stereocenters. The number of nitrogens with zero attached hydrogens (tertiary/aromatic N) is 1. The van der Waals surface area contributed by atoms with Crippen molar-refractivity contribution in [2.45, 2.75) is 25.8 Å². The summed E-state index contributed by atoms with van der Waals surface area (Å²) in [6.07, 6.45) is 0.352. The number of Topliss-reactive ketones (excluding diaryl/α,β-unsaturated/α-hetero) is 1. The zero-order valence-electron chi connectivity index (χ0n) is 15.1. The molecule has 3 rings (SSSR count). The lowest BCUT2D eigenvalue weighted by atomic mass is 10.0. The second kappa shape index (κ2) is 8.04. The third-order valence-corrected chi connectivity index (χ3v) is 4.69. The molecule has 0 aliphatic carbocycles. The number of carbonyl (C=O) groups excluding carboxylic acids is 2. The third-order valence-electron chi connectivity index (χ3n) is 4.69. The van der Waals surface area contributed by atoms with Crippen molar-refractivity contribution in [3.63, 3.8) is 0 Å². The molecule has 1 atom stereocenters. The molecule has 1 aliphatic rings. The van der Waals surface area contributed by atoms with Gasteiger partial charge in [0, 0.05) is 25.5 Å². The van der Waals surface area contributed by atoms with Gasteiger partial charge in [-0.1, -0.05) is 30.3 Å². The van der Waals surface area contributed by atoms with E-state index in [0.717, 1.165) is 5.56 Å². The fourth-order valence-corrected chi connectivity index (χ4v) is 2.93. The van der Waals surface area contributed by atoms with Crippen LogP contribution >= 0.6 is 0 Å². The van der Waals surface area contributed by atoms with Gasteiger partial charge in [0.1, 0.15) is 13.2 Å². The molecule has 136 valence electrons. The van der Waals surface area contributed by atoms with E-state index in [1.54, 1.807) is 30.1 Å². The van der Waals surface area contributed by atoms with Crippen LogP contribution in [0, 0.1) is 0 Å². The Morgan fingerprint density at radius 3 is 2.42 bits per heavy atom. The fraction of sp³-hybridized carbons (Fsp3) is 0.333. The van der Waals surface area contributed by atoms with E-state index < -0.39 is 0 Å². The first kappa shape index (κ1) is 18.0. The molecular formula is C21H23NO4. The van der Waals surface area contributed by atoms with Gasteiger partial charge in [-0.3, -0.25) is 9.59 Å². The number of amides is 1. The molecule has 0 saturated carbocycles. The van der Waals surface area contributed by atoms with E-state index >= 15 is 0 Å². The maximum Gasteiger partial charge on any atom is 0.223 e. The highest BCUT2D eigenvalue weighted by atomic mass is 16.6.